The molecule has 0 bridgehead atoms. The molecule has 0 unspecified atom stereocenters. The van der Waals surface area contributed by atoms with Crippen LogP contribution in [0.1, 0.15) is 5.76 Å². The highest BCUT2D eigenvalue weighted by atomic mass is 32.1. The van der Waals surface area contributed by atoms with Gasteiger partial charge in [0.2, 0.25) is 0 Å². The Morgan fingerprint density at radius 2 is 2.23 bits per heavy atom. The van der Waals surface area contributed by atoms with Crippen LogP contribution in [0.25, 0.3) is 0 Å². The highest BCUT2D eigenvalue weighted by Crippen LogP contribution is 2.18. The van der Waals surface area contributed by atoms with Crippen LogP contribution in [0.4, 0.5) is 5.13 Å². The first kappa shape index (κ1) is 15.5. The van der Waals surface area contributed by atoms with E-state index in [1.54, 1.807) is 17.6 Å². The van der Waals surface area contributed by atoms with Crippen LogP contribution in [0, 0.1) is 0 Å². The lowest BCUT2D eigenvalue weighted by Gasteiger charge is -2.35. The van der Waals surface area contributed by atoms with E-state index in [1.807, 2.05) is 23.7 Å². The zero-order valence-corrected chi connectivity index (χ0v) is 13.2. The molecule has 3 heterocycles. The Labute approximate surface area is 133 Å². The van der Waals surface area contributed by atoms with Crippen molar-refractivity contribution < 1.29 is 14.3 Å². The highest BCUT2D eigenvalue weighted by molar-refractivity contribution is 7.13. The Kier molecular flexibility index (Phi) is 5.44. The molecule has 0 spiro atoms. The second kappa shape index (κ2) is 7.73. The Bertz CT molecular complexity index is 524. The number of nitrogens with zero attached hydrogens (tertiary/aromatic N) is 3. The van der Waals surface area contributed by atoms with Crippen molar-refractivity contribution in [2.75, 3.05) is 44.2 Å². The largest absolute Gasteiger partial charge is 0.467 e. The van der Waals surface area contributed by atoms with E-state index >= 15 is 0 Å². The maximum absolute atomic E-state index is 10.1. The number of furan rings is 1. The SMILES string of the molecule is O[C@H](COCc1ccco1)CN1CCN(c2nccs2)CC1. The monoisotopic (exact) mass is 323 g/mol. The van der Waals surface area contributed by atoms with Gasteiger partial charge in [0.05, 0.1) is 19.0 Å². The van der Waals surface area contributed by atoms with E-state index in [2.05, 4.69) is 14.8 Å². The fourth-order valence-electron chi connectivity index (χ4n) is 2.53. The van der Waals surface area contributed by atoms with Crippen molar-refractivity contribution in [3.63, 3.8) is 0 Å². The molecule has 22 heavy (non-hydrogen) atoms. The van der Waals surface area contributed by atoms with Gasteiger partial charge in [-0.15, -0.1) is 11.3 Å². The van der Waals surface area contributed by atoms with E-state index in [0.717, 1.165) is 37.1 Å². The first-order chi connectivity index (χ1) is 10.8. The number of hydrogen-bond donors (Lipinski definition) is 1. The molecule has 0 saturated carbocycles. The smallest absolute Gasteiger partial charge is 0.185 e. The number of piperazine rings is 1. The summed E-state index contributed by atoms with van der Waals surface area (Å²) in [6, 6.07) is 3.70. The van der Waals surface area contributed by atoms with Crippen molar-refractivity contribution in [2.24, 2.45) is 0 Å². The first-order valence-electron chi connectivity index (χ1n) is 7.46. The molecule has 0 aliphatic carbocycles. The Morgan fingerprint density at radius 1 is 1.36 bits per heavy atom. The molecule has 1 atom stereocenters. The number of aliphatic hydroxyl groups excluding tert-OH is 1. The predicted molar refractivity (Wildman–Crippen MR) is 85.1 cm³/mol. The van der Waals surface area contributed by atoms with E-state index in [9.17, 15) is 5.11 Å². The zero-order valence-electron chi connectivity index (χ0n) is 12.4. The molecule has 2 aromatic heterocycles. The molecule has 7 heteroatoms. The van der Waals surface area contributed by atoms with Crippen LogP contribution >= 0.6 is 11.3 Å². The van der Waals surface area contributed by atoms with Gasteiger partial charge in [-0.2, -0.15) is 0 Å². The van der Waals surface area contributed by atoms with Gasteiger partial charge >= 0.3 is 0 Å². The molecule has 1 aliphatic rings. The molecular formula is C15H21N3O3S. The average Bonchev–Trinajstić information content (AvgIpc) is 3.21. The average molecular weight is 323 g/mol. The molecule has 6 nitrogen and oxygen atoms in total. The lowest BCUT2D eigenvalue weighted by Crippen LogP contribution is -2.49. The standard InChI is InChI=1S/C15H21N3O3S/c19-13(11-20-12-14-2-1-8-21-14)10-17-4-6-18(7-5-17)15-16-3-9-22-15/h1-3,8-9,13,19H,4-7,10-12H2/t13-/m0/s1. The molecule has 1 aliphatic heterocycles. The Hall–Kier alpha value is -1.41. The highest BCUT2D eigenvalue weighted by Gasteiger charge is 2.20. The van der Waals surface area contributed by atoms with Crippen LogP contribution in [0.15, 0.2) is 34.4 Å². The quantitative estimate of drug-likeness (QED) is 0.832. The van der Waals surface area contributed by atoms with Crippen LogP contribution in [0.5, 0.6) is 0 Å². The third-order valence-electron chi connectivity index (χ3n) is 3.67. The lowest BCUT2D eigenvalue weighted by atomic mass is 10.3. The van der Waals surface area contributed by atoms with Gasteiger partial charge in [0.25, 0.3) is 0 Å². The molecule has 2 aromatic rings. The summed E-state index contributed by atoms with van der Waals surface area (Å²) in [6.07, 6.45) is 2.99. The van der Waals surface area contributed by atoms with E-state index < -0.39 is 6.10 Å². The molecule has 3 rings (SSSR count). The van der Waals surface area contributed by atoms with Gasteiger partial charge in [-0.3, -0.25) is 4.90 Å². The van der Waals surface area contributed by atoms with Gasteiger partial charge in [0.15, 0.2) is 5.13 Å². The molecule has 0 aromatic carbocycles. The summed E-state index contributed by atoms with van der Waals surface area (Å²) in [5.74, 6) is 0.782. The molecule has 1 N–H and O–H groups in total. The van der Waals surface area contributed by atoms with Gasteiger partial charge < -0.3 is 19.2 Å². The Morgan fingerprint density at radius 3 is 2.91 bits per heavy atom. The lowest BCUT2D eigenvalue weighted by molar-refractivity contribution is 0.00442. The summed E-state index contributed by atoms with van der Waals surface area (Å²) < 4.78 is 10.7. The summed E-state index contributed by atoms with van der Waals surface area (Å²) >= 11 is 1.67. The summed E-state index contributed by atoms with van der Waals surface area (Å²) in [5.41, 5.74) is 0. The second-order valence-electron chi connectivity index (χ2n) is 5.35. The zero-order chi connectivity index (χ0) is 15.2. The molecule has 120 valence electrons. The predicted octanol–water partition coefficient (Wildman–Crippen LogP) is 1.44. The maximum atomic E-state index is 10.1. The Balaban J connectivity index is 1.33. The fraction of sp³-hybridized carbons (Fsp3) is 0.533. The van der Waals surface area contributed by atoms with Crippen molar-refractivity contribution >= 4 is 16.5 Å². The third kappa shape index (κ3) is 4.30. The topological polar surface area (TPSA) is 62.0 Å². The molecule has 0 amide bonds. The van der Waals surface area contributed by atoms with Gasteiger partial charge in [-0.1, -0.05) is 0 Å². The van der Waals surface area contributed by atoms with E-state index in [1.165, 1.54) is 0 Å². The third-order valence-corrected chi connectivity index (χ3v) is 4.50. The number of β-amino-alcohol motifs (C(OH)–C–C–N with tert-alkyl or cyclic N) is 1. The van der Waals surface area contributed by atoms with Crippen molar-refractivity contribution in [1.29, 1.82) is 0 Å². The second-order valence-corrected chi connectivity index (χ2v) is 6.22. The van der Waals surface area contributed by atoms with E-state index in [0.29, 0.717) is 19.8 Å². The van der Waals surface area contributed by atoms with Crippen molar-refractivity contribution in [1.82, 2.24) is 9.88 Å². The fourth-order valence-corrected chi connectivity index (χ4v) is 3.23. The minimum absolute atomic E-state index is 0.327. The summed E-state index contributed by atoms with van der Waals surface area (Å²) in [6.45, 7) is 5.16. The minimum Gasteiger partial charge on any atom is -0.467 e. The number of ether oxygens (including phenoxy) is 1. The number of thiazole rings is 1. The van der Waals surface area contributed by atoms with Gasteiger partial charge in [-0.25, -0.2) is 4.98 Å². The minimum atomic E-state index is -0.471. The van der Waals surface area contributed by atoms with Crippen LogP contribution in [-0.4, -0.2) is 60.4 Å². The van der Waals surface area contributed by atoms with E-state index in [4.69, 9.17) is 9.15 Å². The van der Waals surface area contributed by atoms with Crippen molar-refractivity contribution in [2.45, 2.75) is 12.7 Å². The first-order valence-corrected chi connectivity index (χ1v) is 8.34. The van der Waals surface area contributed by atoms with E-state index in [-0.39, 0.29) is 0 Å². The summed E-state index contributed by atoms with van der Waals surface area (Å²) in [7, 11) is 0. The normalized spacial score (nSPS) is 17.8. The number of anilines is 1. The van der Waals surface area contributed by atoms with Gasteiger partial charge in [-0.05, 0) is 12.1 Å². The maximum Gasteiger partial charge on any atom is 0.185 e. The van der Waals surface area contributed by atoms with Gasteiger partial charge in [0, 0.05) is 44.3 Å². The molecule has 1 fully saturated rings. The number of hydrogen-bond acceptors (Lipinski definition) is 7. The number of aliphatic hydroxyl groups is 1. The summed E-state index contributed by atoms with van der Waals surface area (Å²) in [4.78, 5) is 8.90. The van der Waals surface area contributed by atoms with Crippen molar-refractivity contribution in [3.05, 3.63) is 35.7 Å². The number of rotatable bonds is 7. The molecular weight excluding hydrogens is 302 g/mol. The molecule has 0 radical (unpaired) electrons. The molecule has 1 saturated heterocycles. The van der Waals surface area contributed by atoms with Crippen LogP contribution < -0.4 is 4.90 Å². The van der Waals surface area contributed by atoms with Crippen LogP contribution in [-0.2, 0) is 11.3 Å². The van der Waals surface area contributed by atoms with Crippen LogP contribution in [0.2, 0.25) is 0 Å². The van der Waals surface area contributed by atoms with Gasteiger partial charge in [0.1, 0.15) is 12.4 Å². The summed E-state index contributed by atoms with van der Waals surface area (Å²) in [5, 5.41) is 13.1. The number of aromatic nitrogens is 1. The van der Waals surface area contributed by atoms with Crippen molar-refractivity contribution in [3.8, 4) is 0 Å². The van der Waals surface area contributed by atoms with Crippen LogP contribution in [0.3, 0.4) is 0 Å².